The van der Waals surface area contributed by atoms with Crippen LogP contribution in [0.1, 0.15) is 18.1 Å². The second-order valence-corrected chi connectivity index (χ2v) is 7.33. The standard InChI is InChI=1S/C24H22N4O2/c1-2-30-20-9-7-19(8-10-20)28-14-12-22-21(23(28)29)15-25-24(26-22)27-13-11-17-5-3-4-6-18(17)16-27/h3-10,12,14-15H,2,11,13,16H2,1H3. The summed E-state index contributed by atoms with van der Waals surface area (Å²) in [5, 5.41) is 0.507. The zero-order chi connectivity index (χ0) is 20.5. The molecule has 30 heavy (non-hydrogen) atoms. The van der Waals surface area contributed by atoms with Crippen molar-refractivity contribution in [2.24, 2.45) is 0 Å². The number of pyridine rings is 1. The average Bonchev–Trinajstić information content (AvgIpc) is 2.80. The van der Waals surface area contributed by atoms with Crippen LogP contribution in [-0.2, 0) is 13.0 Å². The van der Waals surface area contributed by atoms with Crippen molar-refractivity contribution >= 4 is 16.9 Å². The van der Waals surface area contributed by atoms with Crippen molar-refractivity contribution in [1.82, 2.24) is 14.5 Å². The summed E-state index contributed by atoms with van der Waals surface area (Å²) < 4.78 is 7.09. The monoisotopic (exact) mass is 398 g/mol. The highest BCUT2D eigenvalue weighted by atomic mass is 16.5. The number of benzene rings is 2. The zero-order valence-electron chi connectivity index (χ0n) is 16.8. The quantitative estimate of drug-likeness (QED) is 0.524. The zero-order valence-corrected chi connectivity index (χ0v) is 16.8. The first kappa shape index (κ1) is 18.4. The lowest BCUT2D eigenvalue weighted by Gasteiger charge is -2.28. The molecule has 0 amide bonds. The van der Waals surface area contributed by atoms with Crippen molar-refractivity contribution in [2.45, 2.75) is 19.9 Å². The number of anilines is 1. The molecule has 0 fully saturated rings. The lowest BCUT2D eigenvalue weighted by atomic mass is 10.0. The number of fused-ring (bicyclic) bond motifs is 2. The summed E-state index contributed by atoms with van der Waals surface area (Å²) in [7, 11) is 0. The summed E-state index contributed by atoms with van der Waals surface area (Å²) in [5.74, 6) is 1.45. The van der Waals surface area contributed by atoms with E-state index in [0.29, 0.717) is 23.5 Å². The Morgan fingerprint density at radius 1 is 1.03 bits per heavy atom. The fourth-order valence-corrected chi connectivity index (χ4v) is 3.91. The van der Waals surface area contributed by atoms with E-state index in [9.17, 15) is 4.79 Å². The molecule has 3 heterocycles. The van der Waals surface area contributed by atoms with Crippen LogP contribution in [-0.4, -0.2) is 27.7 Å². The highest BCUT2D eigenvalue weighted by Crippen LogP contribution is 2.23. The van der Waals surface area contributed by atoms with Crippen molar-refractivity contribution < 1.29 is 4.74 Å². The third-order valence-corrected chi connectivity index (χ3v) is 5.48. The van der Waals surface area contributed by atoms with E-state index in [4.69, 9.17) is 4.74 Å². The van der Waals surface area contributed by atoms with E-state index in [1.165, 1.54) is 11.1 Å². The molecule has 2 aromatic carbocycles. The summed E-state index contributed by atoms with van der Waals surface area (Å²) in [5.41, 5.74) is 3.99. The van der Waals surface area contributed by atoms with Crippen LogP contribution >= 0.6 is 0 Å². The summed E-state index contributed by atoms with van der Waals surface area (Å²) in [6.45, 7) is 4.20. The molecule has 1 aliphatic rings. The minimum atomic E-state index is -0.132. The first-order valence-corrected chi connectivity index (χ1v) is 10.2. The molecule has 1 aliphatic heterocycles. The van der Waals surface area contributed by atoms with Crippen LogP contribution in [0.25, 0.3) is 16.6 Å². The largest absolute Gasteiger partial charge is 0.494 e. The molecule has 150 valence electrons. The minimum absolute atomic E-state index is 0.132. The molecule has 6 heteroatoms. The molecular weight excluding hydrogens is 376 g/mol. The molecule has 0 aliphatic carbocycles. The van der Waals surface area contributed by atoms with Gasteiger partial charge in [-0.2, -0.15) is 0 Å². The predicted octanol–water partition coefficient (Wildman–Crippen LogP) is 3.74. The van der Waals surface area contributed by atoms with Crippen LogP contribution < -0.4 is 15.2 Å². The van der Waals surface area contributed by atoms with Gasteiger partial charge < -0.3 is 9.64 Å². The van der Waals surface area contributed by atoms with Gasteiger partial charge in [-0.3, -0.25) is 9.36 Å². The Hall–Kier alpha value is -3.67. The van der Waals surface area contributed by atoms with Crippen LogP contribution in [0.3, 0.4) is 0 Å². The number of aromatic nitrogens is 3. The molecule has 0 saturated carbocycles. The Balaban J connectivity index is 1.47. The Bertz CT molecular complexity index is 1260. The van der Waals surface area contributed by atoms with Crippen molar-refractivity contribution in [3.8, 4) is 11.4 Å². The third kappa shape index (κ3) is 3.30. The van der Waals surface area contributed by atoms with E-state index < -0.39 is 0 Å². The summed E-state index contributed by atoms with van der Waals surface area (Å²) in [6, 6.07) is 17.8. The van der Waals surface area contributed by atoms with Gasteiger partial charge in [0.1, 0.15) is 5.75 Å². The molecule has 0 unspecified atom stereocenters. The second-order valence-electron chi connectivity index (χ2n) is 7.33. The maximum Gasteiger partial charge on any atom is 0.266 e. The Kier molecular flexibility index (Phi) is 4.67. The fraction of sp³-hybridized carbons (Fsp3) is 0.208. The lowest BCUT2D eigenvalue weighted by Crippen LogP contribution is -2.31. The number of nitrogens with zero attached hydrogens (tertiary/aromatic N) is 4. The second kappa shape index (κ2) is 7.63. The number of rotatable bonds is 4. The molecule has 4 aromatic rings. The summed E-state index contributed by atoms with van der Waals surface area (Å²) >= 11 is 0. The van der Waals surface area contributed by atoms with Gasteiger partial charge in [0.15, 0.2) is 0 Å². The number of hydrogen-bond donors (Lipinski definition) is 0. The van der Waals surface area contributed by atoms with Crippen LogP contribution in [0, 0.1) is 0 Å². The molecule has 2 aromatic heterocycles. The Labute approximate surface area is 174 Å². The van der Waals surface area contributed by atoms with Crippen molar-refractivity contribution in [1.29, 1.82) is 0 Å². The van der Waals surface area contributed by atoms with Crippen LogP contribution in [0.2, 0.25) is 0 Å². The van der Waals surface area contributed by atoms with Gasteiger partial charge in [0.2, 0.25) is 5.95 Å². The molecule has 0 radical (unpaired) electrons. The van der Waals surface area contributed by atoms with Gasteiger partial charge in [-0.1, -0.05) is 24.3 Å². The van der Waals surface area contributed by atoms with E-state index in [0.717, 1.165) is 30.9 Å². The van der Waals surface area contributed by atoms with Gasteiger partial charge in [-0.05, 0) is 54.8 Å². The van der Waals surface area contributed by atoms with Gasteiger partial charge in [0.05, 0.1) is 17.5 Å². The molecular formula is C24H22N4O2. The van der Waals surface area contributed by atoms with Gasteiger partial charge in [-0.15, -0.1) is 0 Å². The summed E-state index contributed by atoms with van der Waals surface area (Å²) in [4.78, 5) is 24.4. The third-order valence-electron chi connectivity index (χ3n) is 5.48. The Morgan fingerprint density at radius 2 is 1.83 bits per heavy atom. The van der Waals surface area contributed by atoms with E-state index in [1.807, 2.05) is 37.3 Å². The van der Waals surface area contributed by atoms with Crippen molar-refractivity contribution in [3.05, 3.63) is 88.5 Å². The first-order valence-electron chi connectivity index (χ1n) is 10.2. The number of hydrogen-bond acceptors (Lipinski definition) is 5. The molecule has 5 rings (SSSR count). The smallest absolute Gasteiger partial charge is 0.266 e. The molecule has 0 bridgehead atoms. The highest BCUT2D eigenvalue weighted by Gasteiger charge is 2.19. The van der Waals surface area contributed by atoms with Gasteiger partial charge in [-0.25, -0.2) is 9.97 Å². The van der Waals surface area contributed by atoms with Crippen LogP contribution in [0.5, 0.6) is 5.75 Å². The van der Waals surface area contributed by atoms with Crippen LogP contribution in [0.15, 0.2) is 71.8 Å². The lowest BCUT2D eigenvalue weighted by molar-refractivity contribution is 0.340. The van der Waals surface area contributed by atoms with Gasteiger partial charge in [0.25, 0.3) is 5.56 Å². The molecule has 0 atom stereocenters. The van der Waals surface area contributed by atoms with Crippen molar-refractivity contribution in [2.75, 3.05) is 18.1 Å². The summed E-state index contributed by atoms with van der Waals surface area (Å²) in [6.07, 6.45) is 4.38. The topological polar surface area (TPSA) is 60.2 Å². The number of ether oxygens (including phenoxy) is 1. The Morgan fingerprint density at radius 3 is 2.63 bits per heavy atom. The van der Waals surface area contributed by atoms with Gasteiger partial charge >= 0.3 is 0 Å². The SMILES string of the molecule is CCOc1ccc(-n2ccc3nc(N4CCc5ccccc5C4)ncc3c2=O)cc1. The minimum Gasteiger partial charge on any atom is -0.494 e. The first-order chi connectivity index (χ1) is 14.7. The molecule has 6 nitrogen and oxygen atoms in total. The van der Waals surface area contributed by atoms with Crippen molar-refractivity contribution in [3.63, 3.8) is 0 Å². The highest BCUT2D eigenvalue weighted by molar-refractivity contribution is 5.78. The molecule has 0 spiro atoms. The fourth-order valence-electron chi connectivity index (χ4n) is 3.91. The average molecular weight is 398 g/mol. The van der Waals surface area contributed by atoms with E-state index in [1.54, 1.807) is 17.0 Å². The maximum atomic E-state index is 13.0. The normalized spacial score (nSPS) is 13.3. The van der Waals surface area contributed by atoms with E-state index in [2.05, 4.69) is 39.1 Å². The maximum absolute atomic E-state index is 13.0. The predicted molar refractivity (Wildman–Crippen MR) is 118 cm³/mol. The van der Waals surface area contributed by atoms with Gasteiger partial charge in [0, 0.05) is 31.2 Å². The molecule has 0 saturated heterocycles. The van der Waals surface area contributed by atoms with Crippen LogP contribution in [0.4, 0.5) is 5.95 Å². The van der Waals surface area contributed by atoms with E-state index in [-0.39, 0.29) is 5.56 Å². The van der Waals surface area contributed by atoms with E-state index >= 15 is 0 Å². The molecule has 0 N–H and O–H groups in total.